The molecule has 0 N–H and O–H groups in total. The molecule has 106 valence electrons. The molecule has 2 aromatic carbocycles. The third kappa shape index (κ3) is 3.49. The molecule has 0 aromatic heterocycles. The fourth-order valence-corrected chi connectivity index (χ4v) is 3.47. The molecule has 0 amide bonds. The first-order valence-corrected chi connectivity index (χ1v) is 7.96. The highest BCUT2D eigenvalue weighted by molar-refractivity contribution is 9.10. The summed E-state index contributed by atoms with van der Waals surface area (Å²) in [6.45, 7) is 4.60. The lowest BCUT2D eigenvalue weighted by Crippen LogP contribution is -1.98. The van der Waals surface area contributed by atoms with Crippen LogP contribution in [0.3, 0.4) is 0 Å². The Morgan fingerprint density at radius 3 is 2.45 bits per heavy atom. The van der Waals surface area contributed by atoms with Gasteiger partial charge in [-0.3, -0.25) is 0 Å². The first-order chi connectivity index (χ1) is 9.52. The van der Waals surface area contributed by atoms with Crippen LogP contribution in [0.25, 0.3) is 0 Å². The summed E-state index contributed by atoms with van der Waals surface area (Å²) in [6.07, 6.45) is 0. The normalized spacial score (nSPS) is 12.2. The molecule has 0 aliphatic heterocycles. The van der Waals surface area contributed by atoms with Gasteiger partial charge in [0.1, 0.15) is 5.75 Å². The fraction of sp³-hybridized carbons (Fsp3) is 0.250. The van der Waals surface area contributed by atoms with Gasteiger partial charge in [0.15, 0.2) is 0 Å². The Morgan fingerprint density at radius 1 is 1.15 bits per heavy atom. The van der Waals surface area contributed by atoms with E-state index in [-0.39, 0.29) is 5.38 Å². The topological polar surface area (TPSA) is 9.23 Å². The van der Waals surface area contributed by atoms with Gasteiger partial charge in [-0.25, -0.2) is 0 Å². The average Bonchev–Trinajstić information content (AvgIpc) is 2.38. The third-order valence-corrected chi connectivity index (χ3v) is 4.47. The summed E-state index contributed by atoms with van der Waals surface area (Å²) < 4.78 is 6.38. The van der Waals surface area contributed by atoms with Gasteiger partial charge in [0.25, 0.3) is 0 Å². The summed E-state index contributed by atoms with van der Waals surface area (Å²) in [4.78, 5) is 0. The van der Waals surface area contributed by atoms with Crippen molar-refractivity contribution < 1.29 is 4.74 Å². The molecule has 0 heterocycles. The highest BCUT2D eigenvalue weighted by atomic mass is 79.9. The molecule has 4 heteroatoms. The Kier molecular flexibility index (Phi) is 5.36. The van der Waals surface area contributed by atoms with Gasteiger partial charge in [-0.1, -0.05) is 45.7 Å². The van der Waals surface area contributed by atoms with Gasteiger partial charge in [-0.15, -0.1) is 11.6 Å². The van der Waals surface area contributed by atoms with Crippen LogP contribution in [-0.4, -0.2) is 6.61 Å². The van der Waals surface area contributed by atoms with Crippen LogP contribution in [0.5, 0.6) is 5.75 Å². The zero-order chi connectivity index (χ0) is 14.7. The predicted octanol–water partition coefficient (Wildman–Crippen LogP) is 6.14. The Labute approximate surface area is 138 Å². The SMILES string of the molecule is CCOc1ccc(C(Cl)c2ccc(C)cc2Cl)c(Br)c1. The van der Waals surface area contributed by atoms with Crippen LogP contribution >= 0.6 is 39.1 Å². The van der Waals surface area contributed by atoms with Gasteiger partial charge >= 0.3 is 0 Å². The zero-order valence-electron chi connectivity index (χ0n) is 11.3. The van der Waals surface area contributed by atoms with Crippen molar-refractivity contribution in [1.82, 2.24) is 0 Å². The molecule has 0 spiro atoms. The smallest absolute Gasteiger partial charge is 0.120 e. The van der Waals surface area contributed by atoms with Crippen LogP contribution in [0.1, 0.15) is 29.0 Å². The lowest BCUT2D eigenvalue weighted by atomic mass is 10.0. The fourth-order valence-electron chi connectivity index (χ4n) is 1.98. The average molecular weight is 374 g/mol. The Hall–Kier alpha value is -0.700. The largest absolute Gasteiger partial charge is 0.494 e. The summed E-state index contributed by atoms with van der Waals surface area (Å²) >= 11 is 16.4. The van der Waals surface area contributed by atoms with Crippen LogP contribution < -0.4 is 4.74 Å². The van der Waals surface area contributed by atoms with Crippen molar-refractivity contribution in [2.75, 3.05) is 6.61 Å². The molecule has 0 saturated heterocycles. The molecule has 1 nitrogen and oxygen atoms in total. The summed E-state index contributed by atoms with van der Waals surface area (Å²) in [5, 5.41) is 0.388. The number of benzene rings is 2. The number of alkyl halides is 1. The second kappa shape index (κ2) is 6.84. The minimum absolute atomic E-state index is 0.298. The maximum atomic E-state index is 6.57. The highest BCUT2D eigenvalue weighted by Crippen LogP contribution is 2.38. The first kappa shape index (κ1) is 15.7. The molecule has 0 bridgehead atoms. The lowest BCUT2D eigenvalue weighted by Gasteiger charge is -2.15. The van der Waals surface area contributed by atoms with Crippen LogP contribution in [0.15, 0.2) is 40.9 Å². The Balaban J connectivity index is 2.35. The molecule has 1 unspecified atom stereocenters. The lowest BCUT2D eigenvalue weighted by molar-refractivity contribution is 0.340. The van der Waals surface area contributed by atoms with Gasteiger partial charge < -0.3 is 4.74 Å². The molecule has 2 rings (SSSR count). The second-order valence-corrected chi connectivity index (χ2v) is 6.20. The van der Waals surface area contributed by atoms with E-state index in [1.165, 1.54) is 0 Å². The summed E-state index contributed by atoms with van der Waals surface area (Å²) in [7, 11) is 0. The van der Waals surface area contributed by atoms with E-state index in [4.69, 9.17) is 27.9 Å². The van der Waals surface area contributed by atoms with Gasteiger partial charge in [0.05, 0.1) is 12.0 Å². The van der Waals surface area contributed by atoms with E-state index in [9.17, 15) is 0 Å². The Bertz CT molecular complexity index is 613. The molecule has 1 atom stereocenters. The molecule has 20 heavy (non-hydrogen) atoms. The minimum Gasteiger partial charge on any atom is -0.494 e. The molecule has 0 aliphatic carbocycles. The van der Waals surface area contributed by atoms with Gasteiger partial charge in [-0.05, 0) is 48.7 Å². The molecule has 2 aromatic rings. The van der Waals surface area contributed by atoms with Crippen LogP contribution in [0.4, 0.5) is 0 Å². The van der Waals surface area contributed by atoms with E-state index in [1.807, 2.05) is 50.2 Å². The van der Waals surface area contributed by atoms with Gasteiger partial charge in [0.2, 0.25) is 0 Å². The molecule has 0 aliphatic rings. The predicted molar refractivity (Wildman–Crippen MR) is 89.2 cm³/mol. The maximum absolute atomic E-state index is 6.57. The van der Waals surface area contributed by atoms with E-state index in [0.29, 0.717) is 11.6 Å². The van der Waals surface area contributed by atoms with E-state index < -0.39 is 0 Å². The molecule has 0 fully saturated rings. The number of rotatable bonds is 4. The standard InChI is InChI=1S/C16H15BrCl2O/c1-3-20-11-5-7-12(14(17)9-11)16(19)13-6-4-10(2)8-15(13)18/h4-9,16H,3H2,1-2H3. The molecule has 0 saturated carbocycles. The van der Waals surface area contributed by atoms with E-state index in [2.05, 4.69) is 15.9 Å². The third-order valence-electron chi connectivity index (χ3n) is 2.98. The number of halogens is 3. The van der Waals surface area contributed by atoms with Crippen molar-refractivity contribution in [2.24, 2.45) is 0 Å². The summed E-state index contributed by atoms with van der Waals surface area (Å²) in [5.74, 6) is 0.821. The number of aryl methyl sites for hydroxylation is 1. The van der Waals surface area contributed by atoms with Crippen molar-refractivity contribution >= 4 is 39.1 Å². The monoisotopic (exact) mass is 372 g/mol. The minimum atomic E-state index is -0.298. The second-order valence-electron chi connectivity index (χ2n) is 4.50. The van der Waals surface area contributed by atoms with Crippen molar-refractivity contribution in [2.45, 2.75) is 19.2 Å². The highest BCUT2D eigenvalue weighted by Gasteiger charge is 2.17. The first-order valence-electron chi connectivity index (χ1n) is 6.35. The van der Waals surface area contributed by atoms with Crippen LogP contribution in [-0.2, 0) is 0 Å². The van der Waals surface area contributed by atoms with Crippen molar-refractivity contribution in [3.8, 4) is 5.75 Å². The van der Waals surface area contributed by atoms with Gasteiger partial charge in [0, 0.05) is 9.50 Å². The number of hydrogen-bond donors (Lipinski definition) is 0. The Morgan fingerprint density at radius 2 is 1.85 bits per heavy atom. The quantitative estimate of drug-likeness (QED) is 0.585. The number of hydrogen-bond acceptors (Lipinski definition) is 1. The van der Waals surface area contributed by atoms with E-state index in [1.54, 1.807) is 0 Å². The molecule has 0 radical (unpaired) electrons. The van der Waals surface area contributed by atoms with Crippen LogP contribution in [0.2, 0.25) is 5.02 Å². The van der Waals surface area contributed by atoms with Crippen molar-refractivity contribution in [3.63, 3.8) is 0 Å². The van der Waals surface area contributed by atoms with Crippen molar-refractivity contribution in [3.05, 3.63) is 62.6 Å². The summed E-state index contributed by atoms with van der Waals surface area (Å²) in [6, 6.07) is 11.7. The summed E-state index contributed by atoms with van der Waals surface area (Å²) in [5.41, 5.74) is 3.00. The van der Waals surface area contributed by atoms with Crippen molar-refractivity contribution in [1.29, 1.82) is 0 Å². The van der Waals surface area contributed by atoms with Crippen LogP contribution in [0, 0.1) is 6.92 Å². The maximum Gasteiger partial charge on any atom is 0.120 e. The van der Waals surface area contributed by atoms with E-state index >= 15 is 0 Å². The van der Waals surface area contributed by atoms with Gasteiger partial charge in [-0.2, -0.15) is 0 Å². The number of ether oxygens (including phenoxy) is 1. The van der Waals surface area contributed by atoms with E-state index in [0.717, 1.165) is 26.9 Å². The molecular formula is C16H15BrCl2O. The zero-order valence-corrected chi connectivity index (χ0v) is 14.4. The molecular weight excluding hydrogens is 359 g/mol.